The first-order valence-corrected chi connectivity index (χ1v) is 12.9. The Kier molecular flexibility index (Phi) is 5.68. The minimum absolute atomic E-state index is 0.220. The normalized spacial score (nSPS) is 28.7. The molecule has 4 aliphatic carbocycles. The molecule has 2 atom stereocenters. The summed E-state index contributed by atoms with van der Waals surface area (Å²) in [4.78, 5) is 22.6. The molecular weight excluding hydrogens is 480 g/mol. The van der Waals surface area contributed by atoms with E-state index in [1.54, 1.807) is 48.5 Å². The Morgan fingerprint density at radius 2 is 1.18 bits per heavy atom. The van der Waals surface area contributed by atoms with Crippen LogP contribution < -0.4 is 9.47 Å². The van der Waals surface area contributed by atoms with Gasteiger partial charge in [-0.3, -0.25) is 0 Å². The monoisotopic (exact) mass is 508 g/mol. The number of carbonyl (C=O) groups is 2. The van der Waals surface area contributed by atoms with Crippen molar-refractivity contribution in [3.05, 3.63) is 95.6 Å². The largest absolute Gasteiger partial charge is 0.487 e. The molecule has 2 unspecified atom stereocenters. The highest BCUT2D eigenvalue weighted by molar-refractivity contribution is 5.88. The maximum absolute atomic E-state index is 11.3. The summed E-state index contributed by atoms with van der Waals surface area (Å²) in [5.41, 5.74) is 0.154. The van der Waals surface area contributed by atoms with Crippen LogP contribution in [-0.4, -0.2) is 33.4 Å². The Morgan fingerprint density at radius 3 is 1.66 bits per heavy atom. The van der Waals surface area contributed by atoms with Crippen molar-refractivity contribution in [2.24, 2.45) is 11.3 Å². The number of aromatic carboxylic acids is 2. The van der Waals surface area contributed by atoms with Crippen LogP contribution in [0.5, 0.6) is 11.5 Å². The van der Waals surface area contributed by atoms with Crippen molar-refractivity contribution in [3.8, 4) is 23.3 Å². The van der Waals surface area contributed by atoms with Crippen LogP contribution in [-0.2, 0) is 0 Å². The van der Waals surface area contributed by atoms with Gasteiger partial charge in [0.25, 0.3) is 0 Å². The molecule has 0 heterocycles. The molecule has 0 saturated heterocycles. The lowest BCUT2D eigenvalue weighted by Crippen LogP contribution is -2.66. The highest BCUT2D eigenvalue weighted by atomic mass is 16.5. The predicted octanol–water partition coefficient (Wildman–Crippen LogP) is 6.05. The van der Waals surface area contributed by atoms with E-state index in [0.29, 0.717) is 23.8 Å². The van der Waals surface area contributed by atoms with Crippen molar-refractivity contribution in [3.63, 3.8) is 0 Å². The average Bonchev–Trinajstić information content (AvgIpc) is 2.87. The number of rotatable bonds is 6. The maximum Gasteiger partial charge on any atom is 0.335 e. The van der Waals surface area contributed by atoms with Crippen LogP contribution in [0.3, 0.4) is 0 Å². The molecule has 4 saturated carbocycles. The molecule has 192 valence electrons. The second-order valence-corrected chi connectivity index (χ2v) is 11.1. The molecule has 38 heavy (non-hydrogen) atoms. The van der Waals surface area contributed by atoms with E-state index < -0.39 is 23.1 Å². The first-order chi connectivity index (χ1) is 18.3. The fourth-order valence-electron chi connectivity index (χ4n) is 7.19. The van der Waals surface area contributed by atoms with Crippen molar-refractivity contribution in [2.45, 2.75) is 49.7 Å². The Balaban J connectivity index is 1.35. The van der Waals surface area contributed by atoms with E-state index >= 15 is 0 Å². The number of carboxylic acid groups (broad SMARTS) is 2. The molecule has 0 spiro atoms. The van der Waals surface area contributed by atoms with Crippen LogP contribution in [0.4, 0.5) is 0 Å². The molecule has 3 aromatic carbocycles. The average molecular weight is 509 g/mol. The molecule has 6 nitrogen and oxygen atoms in total. The Bertz CT molecular complexity index is 1360. The summed E-state index contributed by atoms with van der Waals surface area (Å²) in [6.07, 6.45) is 5.02. The van der Waals surface area contributed by atoms with E-state index in [-0.39, 0.29) is 16.5 Å². The van der Waals surface area contributed by atoms with Gasteiger partial charge in [-0.1, -0.05) is 30.0 Å². The molecule has 2 N–H and O–H groups in total. The highest BCUT2D eigenvalue weighted by Crippen LogP contribution is 2.65. The molecule has 4 fully saturated rings. The zero-order chi connectivity index (χ0) is 26.4. The van der Waals surface area contributed by atoms with Crippen molar-refractivity contribution < 1.29 is 29.3 Å². The molecule has 0 aromatic heterocycles. The third kappa shape index (κ3) is 4.61. The molecule has 0 amide bonds. The van der Waals surface area contributed by atoms with Gasteiger partial charge in [0.05, 0.1) is 11.1 Å². The molecule has 0 aliphatic heterocycles. The van der Waals surface area contributed by atoms with Crippen molar-refractivity contribution >= 4 is 11.9 Å². The summed E-state index contributed by atoms with van der Waals surface area (Å²) >= 11 is 0. The van der Waals surface area contributed by atoms with E-state index in [1.807, 2.05) is 30.3 Å². The molecule has 3 aromatic rings. The number of benzene rings is 3. The smallest absolute Gasteiger partial charge is 0.335 e. The molecule has 4 bridgehead atoms. The van der Waals surface area contributed by atoms with Crippen LogP contribution >= 0.6 is 0 Å². The number of hydrogen-bond acceptors (Lipinski definition) is 4. The molecule has 6 heteroatoms. The Labute approximate surface area is 221 Å². The van der Waals surface area contributed by atoms with Gasteiger partial charge in [-0.05, 0) is 85.8 Å². The zero-order valence-corrected chi connectivity index (χ0v) is 20.9. The van der Waals surface area contributed by atoms with Crippen LogP contribution in [0.25, 0.3) is 0 Å². The van der Waals surface area contributed by atoms with Crippen molar-refractivity contribution in [2.75, 3.05) is 0 Å². The van der Waals surface area contributed by atoms with Gasteiger partial charge in [0.1, 0.15) is 22.7 Å². The standard InChI is InChI=1S/C32H28O6/c33-28(34)24-6-10-26(11-7-24)37-31-17-23-16-30(19-31,15-14-22-4-2-1-3-5-22)20-32(18-23,21-31)38-27-12-8-25(9-13-27)29(35)36/h1-13,23H,16-21H2,(H,33,34)(H,35,36). The zero-order valence-electron chi connectivity index (χ0n) is 20.9. The summed E-state index contributed by atoms with van der Waals surface area (Å²) in [6, 6.07) is 23.2. The topological polar surface area (TPSA) is 93.1 Å². The maximum atomic E-state index is 11.3. The SMILES string of the molecule is O=C(O)c1ccc(OC23CC4CC(C#Cc5ccccc5)(C2)CC(Oc2ccc(C(=O)O)cc2)(C4)C3)cc1. The highest BCUT2D eigenvalue weighted by Gasteiger charge is 2.65. The van der Waals surface area contributed by atoms with Gasteiger partial charge >= 0.3 is 11.9 Å². The second kappa shape index (κ2) is 8.95. The van der Waals surface area contributed by atoms with Gasteiger partial charge < -0.3 is 19.7 Å². The van der Waals surface area contributed by atoms with E-state index in [4.69, 9.17) is 9.47 Å². The minimum Gasteiger partial charge on any atom is -0.487 e. The fraction of sp³-hybridized carbons (Fsp3) is 0.312. The van der Waals surface area contributed by atoms with E-state index in [2.05, 4.69) is 11.8 Å². The first-order valence-electron chi connectivity index (χ1n) is 12.9. The molecule has 7 rings (SSSR count). The molecular formula is C32H28O6. The van der Waals surface area contributed by atoms with Crippen LogP contribution in [0.15, 0.2) is 78.9 Å². The predicted molar refractivity (Wildman–Crippen MR) is 140 cm³/mol. The number of carboxylic acids is 2. The lowest BCUT2D eigenvalue weighted by atomic mass is 9.46. The van der Waals surface area contributed by atoms with E-state index in [9.17, 15) is 19.8 Å². The first kappa shape index (κ1) is 24.1. The summed E-state index contributed by atoms with van der Waals surface area (Å²) in [5.74, 6) is 6.77. The summed E-state index contributed by atoms with van der Waals surface area (Å²) < 4.78 is 13.4. The van der Waals surface area contributed by atoms with Crippen LogP contribution in [0, 0.1) is 23.2 Å². The lowest BCUT2D eigenvalue weighted by molar-refractivity contribution is -0.195. The molecule has 4 aliphatic rings. The Morgan fingerprint density at radius 1 is 0.684 bits per heavy atom. The summed E-state index contributed by atoms with van der Waals surface area (Å²) in [5, 5.41) is 18.6. The molecule has 0 radical (unpaired) electrons. The third-order valence-corrected chi connectivity index (χ3v) is 8.08. The van der Waals surface area contributed by atoms with E-state index in [1.165, 1.54) is 0 Å². The van der Waals surface area contributed by atoms with Crippen molar-refractivity contribution in [1.29, 1.82) is 0 Å². The number of ether oxygens (including phenoxy) is 2. The Hall–Kier alpha value is -4.24. The quantitative estimate of drug-likeness (QED) is 0.394. The van der Waals surface area contributed by atoms with Gasteiger partial charge in [-0.2, -0.15) is 0 Å². The lowest BCUT2D eigenvalue weighted by Gasteiger charge is -2.64. The summed E-state index contributed by atoms with van der Waals surface area (Å²) in [6.45, 7) is 0. The van der Waals surface area contributed by atoms with Gasteiger partial charge in [-0.25, -0.2) is 9.59 Å². The van der Waals surface area contributed by atoms with Gasteiger partial charge in [-0.15, -0.1) is 0 Å². The van der Waals surface area contributed by atoms with Gasteiger partial charge in [0.15, 0.2) is 0 Å². The fourth-order valence-corrected chi connectivity index (χ4v) is 7.19. The van der Waals surface area contributed by atoms with Crippen molar-refractivity contribution in [1.82, 2.24) is 0 Å². The van der Waals surface area contributed by atoms with Gasteiger partial charge in [0.2, 0.25) is 0 Å². The number of hydrogen-bond donors (Lipinski definition) is 2. The van der Waals surface area contributed by atoms with Crippen LogP contribution in [0.1, 0.15) is 64.8 Å². The second-order valence-electron chi connectivity index (χ2n) is 11.1. The third-order valence-electron chi connectivity index (χ3n) is 8.08. The van der Waals surface area contributed by atoms with Gasteiger partial charge in [0, 0.05) is 30.2 Å². The van der Waals surface area contributed by atoms with E-state index in [0.717, 1.165) is 37.7 Å². The summed E-state index contributed by atoms with van der Waals surface area (Å²) in [7, 11) is 0. The minimum atomic E-state index is -0.970. The van der Waals surface area contributed by atoms with Crippen LogP contribution in [0.2, 0.25) is 0 Å².